The molecule has 192 valence electrons. The van der Waals surface area contributed by atoms with Gasteiger partial charge in [-0.25, -0.2) is 9.50 Å². The molecule has 1 saturated carbocycles. The Kier molecular flexibility index (Phi) is 5.27. The topological polar surface area (TPSA) is 114 Å². The summed E-state index contributed by atoms with van der Waals surface area (Å²) in [6.45, 7) is 9.09. The number of benzene rings is 1. The van der Waals surface area contributed by atoms with Gasteiger partial charge in [0.25, 0.3) is 5.91 Å². The summed E-state index contributed by atoms with van der Waals surface area (Å²) in [6.07, 6.45) is 3.21. The lowest BCUT2D eigenvalue weighted by Crippen LogP contribution is -2.35. The highest BCUT2D eigenvalue weighted by atomic mass is 35.5. The molecule has 37 heavy (non-hydrogen) atoms. The van der Waals surface area contributed by atoms with Crippen molar-refractivity contribution in [2.75, 3.05) is 13.1 Å². The average Bonchev–Trinajstić information content (AvgIpc) is 3.14. The zero-order chi connectivity index (χ0) is 26.4. The summed E-state index contributed by atoms with van der Waals surface area (Å²) in [5.74, 6) is -0.571. The number of likely N-dealkylation sites (tertiary alicyclic amines) is 2. The number of carbonyl (C=O) groups excluding carboxylic acids is 3. The molecular weight excluding hydrogens is 492 g/mol. The molecule has 0 bridgehead atoms. The van der Waals surface area contributed by atoms with Crippen molar-refractivity contribution in [1.82, 2.24) is 24.4 Å². The van der Waals surface area contributed by atoms with Gasteiger partial charge in [-0.3, -0.25) is 19.3 Å². The van der Waals surface area contributed by atoms with E-state index in [9.17, 15) is 14.4 Å². The van der Waals surface area contributed by atoms with Gasteiger partial charge in [-0.1, -0.05) is 32.4 Å². The number of aryl methyl sites for hydroxylation is 1. The molecule has 9 nitrogen and oxygen atoms in total. The van der Waals surface area contributed by atoms with Gasteiger partial charge in [-0.2, -0.15) is 5.10 Å². The van der Waals surface area contributed by atoms with Gasteiger partial charge < -0.3 is 10.6 Å². The van der Waals surface area contributed by atoms with Crippen LogP contribution in [0.25, 0.3) is 16.8 Å². The quantitative estimate of drug-likeness (QED) is 0.529. The van der Waals surface area contributed by atoms with Crippen LogP contribution in [-0.4, -0.2) is 61.3 Å². The molecular formula is C27H29ClN6O3. The number of piperidine rings is 1. The zero-order valence-corrected chi connectivity index (χ0v) is 22.0. The Morgan fingerprint density at radius 1 is 1.16 bits per heavy atom. The SMILES string of the molecule is Cc1cc(Cl)cc(-c2ncnn3cc(CN4C(=O)C5C(C4=O)C5(C)C)cc23)c1C(=O)N1C[C@@H](N)[C@@H](C)C1. The molecule has 3 fully saturated rings. The van der Waals surface area contributed by atoms with Crippen LogP contribution in [0, 0.1) is 30.1 Å². The highest BCUT2D eigenvalue weighted by molar-refractivity contribution is 6.31. The lowest BCUT2D eigenvalue weighted by atomic mass is 9.97. The average molecular weight is 521 g/mol. The van der Waals surface area contributed by atoms with Gasteiger partial charge in [-0.15, -0.1) is 0 Å². The number of aromatic nitrogens is 3. The number of amides is 3. The summed E-state index contributed by atoms with van der Waals surface area (Å²) in [4.78, 5) is 47.1. The minimum absolute atomic E-state index is 0.0634. The molecule has 3 aliphatic rings. The molecule has 2 aliphatic heterocycles. The summed E-state index contributed by atoms with van der Waals surface area (Å²) in [5.41, 5.74) is 9.80. The van der Waals surface area contributed by atoms with Crippen molar-refractivity contribution in [3.8, 4) is 11.3 Å². The summed E-state index contributed by atoms with van der Waals surface area (Å²) >= 11 is 6.45. The zero-order valence-electron chi connectivity index (χ0n) is 21.2. The lowest BCUT2D eigenvalue weighted by Gasteiger charge is -2.20. The molecule has 0 spiro atoms. The van der Waals surface area contributed by atoms with Crippen LogP contribution in [0.5, 0.6) is 0 Å². The second kappa shape index (κ2) is 8.10. The highest BCUT2D eigenvalue weighted by Gasteiger charge is 2.72. The molecule has 2 aromatic heterocycles. The molecule has 3 aromatic rings. The van der Waals surface area contributed by atoms with Crippen LogP contribution in [0.1, 0.15) is 42.3 Å². The minimum Gasteiger partial charge on any atom is -0.337 e. The Morgan fingerprint density at radius 2 is 1.86 bits per heavy atom. The summed E-state index contributed by atoms with van der Waals surface area (Å²) in [6, 6.07) is 5.33. The second-order valence-corrected chi connectivity index (χ2v) is 11.8. The smallest absolute Gasteiger partial charge is 0.254 e. The van der Waals surface area contributed by atoms with E-state index in [1.807, 2.05) is 33.8 Å². The first-order valence-corrected chi connectivity index (χ1v) is 12.9. The number of nitrogens with two attached hydrogens (primary N) is 1. The van der Waals surface area contributed by atoms with E-state index < -0.39 is 0 Å². The van der Waals surface area contributed by atoms with Crippen LogP contribution in [0.4, 0.5) is 0 Å². The largest absolute Gasteiger partial charge is 0.337 e. The predicted octanol–water partition coefficient (Wildman–Crippen LogP) is 2.92. The summed E-state index contributed by atoms with van der Waals surface area (Å²) in [7, 11) is 0. The number of imide groups is 1. The fourth-order valence-corrected chi connectivity index (χ4v) is 6.42. The van der Waals surface area contributed by atoms with E-state index in [2.05, 4.69) is 10.1 Å². The van der Waals surface area contributed by atoms with Gasteiger partial charge in [-0.05, 0) is 47.6 Å². The Bertz CT molecular complexity index is 1460. The van der Waals surface area contributed by atoms with Crippen LogP contribution >= 0.6 is 11.6 Å². The normalized spacial score (nSPS) is 26.3. The van der Waals surface area contributed by atoms with Crippen molar-refractivity contribution in [3.63, 3.8) is 0 Å². The van der Waals surface area contributed by atoms with Crippen molar-refractivity contribution in [3.05, 3.63) is 52.4 Å². The lowest BCUT2D eigenvalue weighted by molar-refractivity contribution is -0.143. The van der Waals surface area contributed by atoms with Crippen LogP contribution in [0.15, 0.2) is 30.7 Å². The first kappa shape index (κ1) is 24.1. The number of fused-ring (bicyclic) bond motifs is 2. The van der Waals surface area contributed by atoms with Gasteiger partial charge in [0.1, 0.15) is 6.33 Å². The monoisotopic (exact) mass is 520 g/mol. The molecule has 2 N–H and O–H groups in total. The number of rotatable bonds is 4. The van der Waals surface area contributed by atoms with E-state index in [4.69, 9.17) is 17.3 Å². The first-order valence-electron chi connectivity index (χ1n) is 12.5. The molecule has 1 aliphatic carbocycles. The molecule has 4 atom stereocenters. The second-order valence-electron chi connectivity index (χ2n) is 11.3. The minimum atomic E-state index is -0.251. The fraction of sp³-hybridized carbons (Fsp3) is 0.444. The van der Waals surface area contributed by atoms with Gasteiger partial charge in [0.15, 0.2) is 0 Å². The van der Waals surface area contributed by atoms with Crippen LogP contribution in [0.2, 0.25) is 5.02 Å². The van der Waals surface area contributed by atoms with E-state index in [-0.39, 0.29) is 53.5 Å². The Morgan fingerprint density at radius 3 is 2.51 bits per heavy atom. The van der Waals surface area contributed by atoms with Gasteiger partial charge >= 0.3 is 0 Å². The van der Waals surface area contributed by atoms with Gasteiger partial charge in [0.05, 0.1) is 35.2 Å². The third-order valence-corrected chi connectivity index (χ3v) is 8.64. The molecule has 10 heteroatoms. The number of hydrogen-bond acceptors (Lipinski definition) is 6. The summed E-state index contributed by atoms with van der Waals surface area (Å²) < 4.78 is 1.66. The molecule has 4 heterocycles. The fourth-order valence-electron chi connectivity index (χ4n) is 6.15. The Labute approximate surface area is 219 Å². The Hall–Kier alpha value is -3.30. The van der Waals surface area contributed by atoms with E-state index in [0.717, 1.165) is 11.1 Å². The van der Waals surface area contributed by atoms with Gasteiger partial charge in [0, 0.05) is 35.9 Å². The first-order chi connectivity index (χ1) is 17.5. The molecule has 2 unspecified atom stereocenters. The van der Waals surface area contributed by atoms with Crippen molar-refractivity contribution in [2.45, 2.75) is 40.3 Å². The standard InChI is InChI=1S/C27H29ClN6O3/c1-13-5-16(28)7-17(20(13)24(35)32-8-14(2)18(29)11-32)23-19-6-15(10-34(19)31-12-30-23)9-33-25(36)21-22(26(33)37)27(21,3)4/h5-7,10,12,14,18,21-22H,8-9,11,29H2,1-4H3/t14-,18+,21?,22?/m0/s1. The van der Waals surface area contributed by atoms with Crippen molar-refractivity contribution < 1.29 is 14.4 Å². The maximum atomic E-state index is 13.7. The Balaban J connectivity index is 1.38. The molecule has 0 radical (unpaired) electrons. The number of nitrogens with zero attached hydrogens (tertiary/aromatic N) is 5. The van der Waals surface area contributed by atoms with Crippen LogP contribution in [-0.2, 0) is 16.1 Å². The molecule has 2 saturated heterocycles. The van der Waals surface area contributed by atoms with E-state index >= 15 is 0 Å². The maximum absolute atomic E-state index is 13.7. The predicted molar refractivity (Wildman–Crippen MR) is 138 cm³/mol. The van der Waals surface area contributed by atoms with Crippen LogP contribution in [0.3, 0.4) is 0 Å². The van der Waals surface area contributed by atoms with E-state index in [1.165, 1.54) is 11.2 Å². The third kappa shape index (κ3) is 3.59. The van der Waals surface area contributed by atoms with Crippen molar-refractivity contribution in [2.24, 2.45) is 28.9 Å². The maximum Gasteiger partial charge on any atom is 0.254 e. The van der Waals surface area contributed by atoms with Crippen molar-refractivity contribution >= 4 is 34.8 Å². The summed E-state index contributed by atoms with van der Waals surface area (Å²) in [5, 5.41) is 4.83. The number of halogens is 1. The number of hydrogen-bond donors (Lipinski definition) is 1. The molecule has 6 rings (SSSR count). The van der Waals surface area contributed by atoms with E-state index in [0.29, 0.717) is 40.4 Å². The van der Waals surface area contributed by atoms with Crippen LogP contribution < -0.4 is 5.73 Å². The van der Waals surface area contributed by atoms with E-state index in [1.54, 1.807) is 27.7 Å². The van der Waals surface area contributed by atoms with Gasteiger partial charge in [0.2, 0.25) is 11.8 Å². The van der Waals surface area contributed by atoms with Crippen molar-refractivity contribution in [1.29, 1.82) is 0 Å². The number of carbonyl (C=O) groups is 3. The molecule has 1 aromatic carbocycles. The molecule has 3 amide bonds. The third-order valence-electron chi connectivity index (χ3n) is 8.42. The highest BCUT2D eigenvalue weighted by Crippen LogP contribution is 2.63.